The molecule has 0 aliphatic rings. The van der Waals surface area contributed by atoms with E-state index in [-0.39, 0.29) is 24.4 Å². The molecule has 3 rings (SSSR count). The monoisotopic (exact) mass is 454 g/mol. The molecule has 0 spiro atoms. The summed E-state index contributed by atoms with van der Waals surface area (Å²) in [5.74, 6) is -0.256. The van der Waals surface area contributed by atoms with Gasteiger partial charge in [-0.2, -0.15) is 0 Å². The van der Waals surface area contributed by atoms with Crippen LogP contribution in [0.4, 0.5) is 0 Å². The molecule has 31 heavy (non-hydrogen) atoms. The molecule has 162 valence electrons. The van der Waals surface area contributed by atoms with Crippen LogP contribution in [0.1, 0.15) is 41.1 Å². The zero-order valence-corrected chi connectivity index (χ0v) is 19.4. The lowest BCUT2D eigenvalue weighted by Gasteiger charge is -2.31. The van der Waals surface area contributed by atoms with E-state index in [4.69, 9.17) is 11.6 Å². The Bertz CT molecular complexity index is 992. The summed E-state index contributed by atoms with van der Waals surface area (Å²) in [6.07, 6.45) is 0.753. The Labute approximate surface area is 193 Å². The van der Waals surface area contributed by atoms with Crippen LogP contribution in [0.15, 0.2) is 72.1 Å². The molecule has 0 N–H and O–H groups in total. The van der Waals surface area contributed by atoms with Gasteiger partial charge in [0.05, 0.1) is 6.54 Å². The first-order valence-electron chi connectivity index (χ1n) is 10.4. The van der Waals surface area contributed by atoms with E-state index in [1.54, 1.807) is 40.5 Å². The minimum atomic E-state index is -0.180. The van der Waals surface area contributed by atoms with Crippen LogP contribution in [0, 0.1) is 0 Å². The molecular weight excluding hydrogens is 428 g/mol. The third-order valence-electron chi connectivity index (χ3n) is 5.26. The smallest absolute Gasteiger partial charge is 0.254 e. The molecule has 1 heterocycles. The number of carbonyl (C=O) groups excluding carboxylic acids is 2. The van der Waals surface area contributed by atoms with E-state index in [1.165, 1.54) is 0 Å². The average Bonchev–Trinajstić information content (AvgIpc) is 3.30. The van der Waals surface area contributed by atoms with Crippen LogP contribution in [0.25, 0.3) is 0 Å². The highest BCUT2D eigenvalue weighted by molar-refractivity contribution is 7.09. The van der Waals surface area contributed by atoms with Crippen LogP contribution in [-0.4, -0.2) is 34.2 Å². The largest absolute Gasteiger partial charge is 0.332 e. The summed E-state index contributed by atoms with van der Waals surface area (Å²) in [4.78, 5) is 31.2. The van der Waals surface area contributed by atoms with E-state index in [9.17, 15) is 9.59 Å². The number of rotatable bonds is 9. The number of nitrogens with zero attached hydrogens (tertiary/aromatic N) is 2. The fourth-order valence-electron chi connectivity index (χ4n) is 3.31. The topological polar surface area (TPSA) is 40.6 Å². The van der Waals surface area contributed by atoms with Crippen LogP contribution in [0.5, 0.6) is 0 Å². The molecule has 0 unspecified atom stereocenters. The van der Waals surface area contributed by atoms with Crippen LogP contribution in [-0.2, 0) is 17.9 Å². The van der Waals surface area contributed by atoms with Crippen molar-refractivity contribution in [2.24, 2.45) is 0 Å². The molecule has 0 saturated carbocycles. The standard InChI is InChI=1S/C25H27ClN2O2S/c1-3-19(2)28(25(30)21-11-7-12-22(26)15-21)18-24(29)27(17-23-13-8-14-31-23)16-20-9-5-4-6-10-20/h4-15,19H,3,16-18H2,1-2H3/t19-/m1/s1. The minimum absolute atomic E-state index is 0.0264. The molecule has 0 aliphatic heterocycles. The molecule has 6 heteroatoms. The van der Waals surface area contributed by atoms with Crippen LogP contribution < -0.4 is 0 Å². The summed E-state index contributed by atoms with van der Waals surface area (Å²) in [5.41, 5.74) is 1.55. The van der Waals surface area contributed by atoms with Gasteiger partial charge in [0.1, 0.15) is 6.54 Å². The number of benzene rings is 2. The number of amides is 2. The lowest BCUT2D eigenvalue weighted by Crippen LogP contribution is -2.46. The summed E-state index contributed by atoms with van der Waals surface area (Å²) in [6, 6.07) is 20.7. The highest BCUT2D eigenvalue weighted by Crippen LogP contribution is 2.18. The van der Waals surface area contributed by atoms with Gasteiger partial charge < -0.3 is 9.80 Å². The highest BCUT2D eigenvalue weighted by atomic mass is 35.5. The van der Waals surface area contributed by atoms with E-state index < -0.39 is 0 Å². The SMILES string of the molecule is CC[C@@H](C)N(CC(=O)N(Cc1ccccc1)Cc1cccs1)C(=O)c1cccc(Cl)c1. The maximum Gasteiger partial charge on any atom is 0.254 e. The van der Waals surface area contributed by atoms with Gasteiger partial charge in [0.25, 0.3) is 5.91 Å². The number of hydrogen-bond acceptors (Lipinski definition) is 3. The molecule has 0 saturated heterocycles. The van der Waals surface area contributed by atoms with Crippen LogP contribution in [0.3, 0.4) is 0 Å². The van der Waals surface area contributed by atoms with Crippen molar-refractivity contribution in [3.8, 4) is 0 Å². The van der Waals surface area contributed by atoms with Gasteiger partial charge in [-0.15, -0.1) is 11.3 Å². The van der Waals surface area contributed by atoms with E-state index in [0.717, 1.165) is 16.9 Å². The highest BCUT2D eigenvalue weighted by Gasteiger charge is 2.26. The van der Waals surface area contributed by atoms with Gasteiger partial charge in [-0.1, -0.05) is 61.0 Å². The number of hydrogen-bond donors (Lipinski definition) is 0. The quantitative estimate of drug-likeness (QED) is 0.405. The number of halogens is 1. The Morgan fingerprint density at radius 2 is 1.77 bits per heavy atom. The summed E-state index contributed by atoms with van der Waals surface area (Å²) in [6.45, 7) is 5.03. The molecule has 0 aliphatic carbocycles. The maximum atomic E-state index is 13.4. The maximum absolute atomic E-state index is 13.4. The zero-order valence-electron chi connectivity index (χ0n) is 17.8. The molecule has 3 aromatic rings. The van der Waals surface area contributed by atoms with Crippen molar-refractivity contribution in [1.82, 2.24) is 9.80 Å². The molecule has 0 radical (unpaired) electrons. The van der Waals surface area contributed by atoms with Crippen LogP contribution >= 0.6 is 22.9 Å². The summed E-state index contributed by atoms with van der Waals surface area (Å²) >= 11 is 7.71. The average molecular weight is 455 g/mol. The first kappa shape index (κ1) is 23.0. The molecule has 1 atom stereocenters. The third kappa shape index (κ3) is 6.42. The Hall–Kier alpha value is -2.63. The summed E-state index contributed by atoms with van der Waals surface area (Å²) < 4.78 is 0. The van der Waals surface area contributed by atoms with Gasteiger partial charge in [-0.05, 0) is 48.6 Å². The van der Waals surface area contributed by atoms with E-state index in [1.807, 2.05) is 66.6 Å². The summed E-state index contributed by atoms with van der Waals surface area (Å²) in [5, 5.41) is 2.51. The second-order valence-corrected chi connectivity index (χ2v) is 8.98. The Balaban J connectivity index is 1.82. The van der Waals surface area contributed by atoms with Gasteiger partial charge >= 0.3 is 0 Å². The van der Waals surface area contributed by atoms with Gasteiger partial charge in [0, 0.05) is 28.0 Å². The van der Waals surface area contributed by atoms with E-state index >= 15 is 0 Å². The van der Waals surface area contributed by atoms with Gasteiger partial charge in [-0.3, -0.25) is 9.59 Å². The van der Waals surface area contributed by atoms with E-state index in [2.05, 4.69) is 0 Å². The molecule has 1 aromatic heterocycles. The Kier molecular flexibility index (Phi) is 8.27. The molecule has 2 amide bonds. The summed E-state index contributed by atoms with van der Waals surface area (Å²) in [7, 11) is 0. The molecule has 4 nitrogen and oxygen atoms in total. The lowest BCUT2D eigenvalue weighted by molar-refractivity contribution is -0.133. The zero-order chi connectivity index (χ0) is 22.2. The van der Waals surface area contributed by atoms with Crippen molar-refractivity contribution in [2.75, 3.05) is 6.54 Å². The first-order chi connectivity index (χ1) is 15.0. The van der Waals surface area contributed by atoms with Crippen molar-refractivity contribution in [3.05, 3.63) is 93.1 Å². The predicted octanol–water partition coefficient (Wildman–Crippen LogP) is 5.87. The van der Waals surface area contributed by atoms with Crippen molar-refractivity contribution in [3.63, 3.8) is 0 Å². The van der Waals surface area contributed by atoms with E-state index in [0.29, 0.717) is 23.7 Å². The third-order valence-corrected chi connectivity index (χ3v) is 6.35. The normalized spacial score (nSPS) is 11.7. The van der Waals surface area contributed by atoms with Crippen molar-refractivity contribution in [2.45, 2.75) is 39.4 Å². The van der Waals surface area contributed by atoms with Gasteiger partial charge in [0.2, 0.25) is 5.91 Å². The first-order valence-corrected chi connectivity index (χ1v) is 11.6. The second kappa shape index (κ2) is 11.1. The minimum Gasteiger partial charge on any atom is -0.332 e. The second-order valence-electron chi connectivity index (χ2n) is 7.52. The fraction of sp³-hybridized carbons (Fsp3) is 0.280. The molecule has 0 bridgehead atoms. The molecular formula is C25H27ClN2O2S. The fourth-order valence-corrected chi connectivity index (χ4v) is 4.22. The predicted molar refractivity (Wildman–Crippen MR) is 127 cm³/mol. The van der Waals surface area contributed by atoms with Crippen LogP contribution in [0.2, 0.25) is 5.02 Å². The van der Waals surface area contributed by atoms with Crippen molar-refractivity contribution < 1.29 is 9.59 Å². The number of thiophene rings is 1. The Morgan fingerprint density at radius 3 is 2.42 bits per heavy atom. The lowest BCUT2D eigenvalue weighted by atomic mass is 10.1. The van der Waals surface area contributed by atoms with Gasteiger partial charge in [-0.25, -0.2) is 0 Å². The number of carbonyl (C=O) groups is 2. The molecule has 0 fully saturated rings. The van der Waals surface area contributed by atoms with Crippen molar-refractivity contribution >= 4 is 34.8 Å². The van der Waals surface area contributed by atoms with Crippen molar-refractivity contribution in [1.29, 1.82) is 0 Å². The van der Waals surface area contributed by atoms with Gasteiger partial charge in [0.15, 0.2) is 0 Å². The Morgan fingerprint density at radius 1 is 1.00 bits per heavy atom. The molecule has 2 aromatic carbocycles.